The van der Waals surface area contributed by atoms with E-state index in [0.717, 1.165) is 6.92 Å². The summed E-state index contributed by atoms with van der Waals surface area (Å²) < 4.78 is 0. The molecule has 1 saturated heterocycles. The van der Waals surface area contributed by atoms with E-state index in [1.165, 1.54) is 6.92 Å². The first-order chi connectivity index (χ1) is 42.8. The number of amides is 11. The maximum absolute atomic E-state index is 14.4. The van der Waals surface area contributed by atoms with E-state index >= 15 is 0 Å². The van der Waals surface area contributed by atoms with Gasteiger partial charge in [0.25, 0.3) is 0 Å². The molecule has 500 valence electrons. The van der Waals surface area contributed by atoms with Gasteiger partial charge in [-0.05, 0) is 96.1 Å². The molecule has 36 heteroatoms. The molecule has 0 saturated carbocycles. The van der Waals surface area contributed by atoms with E-state index in [0.29, 0.717) is 29.9 Å². The molecule has 11 atom stereocenters. The zero-order valence-corrected chi connectivity index (χ0v) is 50.0. The second kappa shape index (κ2) is 37.3. The number of carbonyl (C=O) groups excluding carboxylic acids is 11. The summed E-state index contributed by atoms with van der Waals surface area (Å²) in [6.07, 6.45) is 1.39. The summed E-state index contributed by atoms with van der Waals surface area (Å²) >= 11 is 0. The highest BCUT2D eigenvalue weighted by Crippen LogP contribution is 2.34. The van der Waals surface area contributed by atoms with Gasteiger partial charge in [-0.25, -0.2) is 10.1 Å². The Morgan fingerprint density at radius 1 is 0.744 bits per heavy atom. The number of hydroxylamine groups is 4. The molecule has 21 N–H and O–H groups in total. The standard InChI is InChI=1S/C54H85N17O19/c1-29(76)43-52(87)58-19-6-5-11-32(46(81)63-35(14-9-23-70(90)28-75)49(84)67-44(30(2)77)53(88)68-43)62-47(82)34(13-8-22-69(89)27-74)65-51(86)38(26-73)66-48(83)33(12-7-20-59-54(55)56)64-50(85)37(25-72)60-40-18-21-57-45-36(61-41(78)16-17-42(79)80)24-31-10-3-4-15-39(31)71(40)45/h10,15,24,27-30,32-35,37-38,40,43-44,60,72-73,76-77,89-90H,3-9,11-14,16-23,25-26H2,1-2H3,(H,58,87)(H,61,78)(H,62,82)(H,63,81)(H,64,85)(H,65,86)(H,66,83)(H,67,84)(H,68,88)(H,79,80)(H4,55,56,59)/t29-,30-,32+,33+,34+,35?,37-,38-,40+,43+,44+/m1/s1. The molecule has 1 unspecified atom stereocenters. The summed E-state index contributed by atoms with van der Waals surface area (Å²) in [5.41, 5.74) is 12.7. The third-order valence-electron chi connectivity index (χ3n) is 14.5. The van der Waals surface area contributed by atoms with E-state index in [2.05, 4.69) is 63.2 Å². The number of rotatable bonds is 32. The van der Waals surface area contributed by atoms with Crippen LogP contribution in [-0.2, 0) is 57.5 Å². The highest BCUT2D eigenvalue weighted by molar-refractivity contribution is 6.05. The molecule has 1 fully saturated rings. The van der Waals surface area contributed by atoms with Crippen molar-refractivity contribution in [2.75, 3.05) is 45.9 Å². The van der Waals surface area contributed by atoms with E-state index in [4.69, 9.17) is 16.6 Å². The zero-order chi connectivity index (χ0) is 66.6. The number of nitrogens with zero attached hydrogens (tertiary/aromatic N) is 5. The second-order valence-corrected chi connectivity index (χ2v) is 21.6. The van der Waals surface area contributed by atoms with Gasteiger partial charge in [0.05, 0.1) is 43.7 Å². The molecule has 0 bridgehead atoms. The van der Waals surface area contributed by atoms with Gasteiger partial charge in [-0.3, -0.25) is 83.3 Å². The van der Waals surface area contributed by atoms with Crippen LogP contribution in [0.5, 0.6) is 0 Å². The van der Waals surface area contributed by atoms with E-state index in [1.807, 2.05) is 12.2 Å². The Hall–Kier alpha value is -8.68. The molecule has 36 nitrogen and oxygen atoms in total. The number of hydrogen-bond acceptors (Lipinski definition) is 22. The van der Waals surface area contributed by atoms with E-state index < -0.39 is 152 Å². The maximum Gasteiger partial charge on any atom is 0.303 e. The van der Waals surface area contributed by atoms with Crippen LogP contribution in [0.1, 0.15) is 104 Å². The highest BCUT2D eigenvalue weighted by Gasteiger charge is 2.40. The summed E-state index contributed by atoms with van der Waals surface area (Å²) in [6, 6.07) is -13.1. The summed E-state index contributed by atoms with van der Waals surface area (Å²) in [5, 5.41) is 96.9. The fourth-order valence-corrected chi connectivity index (χ4v) is 9.80. The number of carboxylic acids is 1. The number of aliphatic hydroxyl groups excluding tert-OH is 4. The van der Waals surface area contributed by atoms with Crippen LogP contribution in [0, 0.1) is 0 Å². The average molecular weight is 1280 g/mol. The minimum absolute atomic E-state index is 0.0421. The van der Waals surface area contributed by atoms with Crippen LogP contribution in [-0.4, -0.2) is 247 Å². The predicted octanol–water partition coefficient (Wildman–Crippen LogP) is -7.39. The van der Waals surface area contributed by atoms with Gasteiger partial charge in [0.2, 0.25) is 66.0 Å². The van der Waals surface area contributed by atoms with Gasteiger partial charge in [-0.2, -0.15) is 0 Å². The molecule has 4 rings (SSSR count). The van der Waals surface area contributed by atoms with Crippen LogP contribution in [0.15, 0.2) is 45.2 Å². The summed E-state index contributed by atoms with van der Waals surface area (Å²) in [6.45, 7) is -0.311. The van der Waals surface area contributed by atoms with E-state index in [1.54, 1.807) is 11.0 Å². The van der Waals surface area contributed by atoms with Crippen LogP contribution in [0.25, 0.3) is 0 Å². The summed E-state index contributed by atoms with van der Waals surface area (Å²) in [4.78, 5) is 169. The number of aliphatic imine (C=N–C) groups is 2. The molecular weight excluding hydrogens is 1190 g/mol. The topological polar surface area (TPSA) is 553 Å². The van der Waals surface area contributed by atoms with Crippen LogP contribution < -0.4 is 64.6 Å². The molecule has 3 aliphatic heterocycles. The lowest BCUT2D eigenvalue weighted by atomic mass is 9.95. The molecule has 11 amide bonds. The van der Waals surface area contributed by atoms with Gasteiger partial charge in [0, 0.05) is 51.3 Å². The van der Waals surface area contributed by atoms with Gasteiger partial charge in [0.1, 0.15) is 48.3 Å². The first-order valence-electron chi connectivity index (χ1n) is 29.4. The number of carbonyl (C=O) groups is 12. The number of fused-ring (bicyclic) bond motifs is 3. The molecule has 0 aromatic carbocycles. The Morgan fingerprint density at radius 2 is 1.33 bits per heavy atom. The fourth-order valence-electron chi connectivity index (χ4n) is 9.80. The molecule has 90 heavy (non-hydrogen) atoms. The van der Waals surface area contributed by atoms with Gasteiger partial charge < -0.3 is 89.8 Å². The lowest BCUT2D eigenvalue weighted by Gasteiger charge is -2.44. The molecule has 1 aliphatic carbocycles. The monoisotopic (exact) mass is 1280 g/mol. The highest BCUT2D eigenvalue weighted by atomic mass is 16.5. The quantitative estimate of drug-likeness (QED) is 0.00743. The Balaban J connectivity index is 1.60. The Kier molecular flexibility index (Phi) is 30.6. The number of aliphatic hydroxyl groups is 4. The van der Waals surface area contributed by atoms with Crippen molar-refractivity contribution in [2.45, 2.75) is 170 Å². The smallest absolute Gasteiger partial charge is 0.303 e. The van der Waals surface area contributed by atoms with Crippen molar-refractivity contribution in [3.05, 3.63) is 35.2 Å². The molecule has 0 aromatic rings. The maximum atomic E-state index is 14.4. The van der Waals surface area contributed by atoms with Gasteiger partial charge in [0.15, 0.2) is 11.8 Å². The Morgan fingerprint density at radius 3 is 1.97 bits per heavy atom. The van der Waals surface area contributed by atoms with Crippen molar-refractivity contribution in [1.82, 2.24) is 68.2 Å². The lowest BCUT2D eigenvalue weighted by Crippen LogP contribution is -2.63. The minimum Gasteiger partial charge on any atom is -0.481 e. The van der Waals surface area contributed by atoms with Gasteiger partial charge in [-0.1, -0.05) is 12.2 Å². The average Bonchev–Trinajstić information content (AvgIpc) is 0.768. The van der Waals surface area contributed by atoms with Gasteiger partial charge in [-0.15, -0.1) is 0 Å². The summed E-state index contributed by atoms with van der Waals surface area (Å²) in [5.74, 6) is -10.1. The SMILES string of the molecule is C[C@@H](O)[C@@H]1NC(=O)C(CCCN(O)C=O)NC(=O)[C@@H](NC(=O)[C@H](CCCN(O)C=O)NC(=O)[C@@H](CO)NC(=O)[C@H](CCCN=C(N)N)NC(=O)[C@@H](CO)N[C@@H]2CCN=C3C(NC(=O)CCC(=O)O)=CC4=CCCC=C4N32)CCCCNC(=O)[C@H]([C@@H](C)O)NC1=O. The van der Waals surface area contributed by atoms with Gasteiger partial charge >= 0.3 is 5.97 Å². The molecule has 0 aromatic heterocycles. The minimum atomic E-state index is -1.88. The molecule has 0 radical (unpaired) electrons. The van der Waals surface area contributed by atoms with Crippen molar-refractivity contribution in [2.24, 2.45) is 21.5 Å². The number of hydrogen-bond donors (Lipinski definition) is 19. The number of guanidine groups is 1. The second-order valence-electron chi connectivity index (χ2n) is 21.6. The normalized spacial score (nSPS) is 21.7. The zero-order valence-electron chi connectivity index (χ0n) is 50.0. The predicted molar refractivity (Wildman–Crippen MR) is 313 cm³/mol. The largest absolute Gasteiger partial charge is 0.481 e. The van der Waals surface area contributed by atoms with E-state index in [-0.39, 0.29) is 131 Å². The van der Waals surface area contributed by atoms with Crippen LogP contribution in [0.2, 0.25) is 0 Å². The van der Waals surface area contributed by atoms with Crippen molar-refractivity contribution in [1.29, 1.82) is 0 Å². The first-order valence-corrected chi connectivity index (χ1v) is 29.4. The van der Waals surface area contributed by atoms with Crippen molar-refractivity contribution in [3.63, 3.8) is 0 Å². The molecule has 4 aliphatic rings. The first kappa shape index (κ1) is 73.8. The molecule has 0 spiro atoms. The van der Waals surface area contributed by atoms with E-state index in [9.17, 15) is 88.4 Å². The number of nitrogens with two attached hydrogens (primary N) is 2. The Labute approximate surface area is 517 Å². The number of aliphatic carboxylic acids is 1. The number of nitrogens with one attached hydrogen (secondary N) is 10. The third kappa shape index (κ3) is 23.4. The van der Waals surface area contributed by atoms with Crippen molar-refractivity contribution in [3.8, 4) is 0 Å². The third-order valence-corrected chi connectivity index (χ3v) is 14.5. The molecule has 3 heterocycles. The lowest BCUT2D eigenvalue weighted by molar-refractivity contribution is -0.150. The fraction of sp³-hybridized carbons (Fsp3) is 0.630. The number of carboxylic acid groups (broad SMARTS) is 1. The summed E-state index contributed by atoms with van der Waals surface area (Å²) in [7, 11) is 0. The molecular formula is C54H85N17O19. The number of amidine groups is 1. The van der Waals surface area contributed by atoms with Crippen molar-refractivity contribution >= 4 is 83.7 Å². The van der Waals surface area contributed by atoms with Crippen LogP contribution in [0.4, 0.5) is 0 Å². The van der Waals surface area contributed by atoms with Crippen LogP contribution in [0.3, 0.4) is 0 Å². The Bertz CT molecular complexity index is 2720. The number of allylic oxidation sites excluding steroid dienone is 3. The van der Waals surface area contributed by atoms with Crippen molar-refractivity contribution < 1.29 is 93.5 Å². The van der Waals surface area contributed by atoms with Crippen LogP contribution >= 0.6 is 0 Å².